The Kier molecular flexibility index (Phi) is 13.5. The molecular formula is C38H48OP+. The third-order valence-corrected chi connectivity index (χ3v) is 12.5. The van der Waals surface area contributed by atoms with Crippen LogP contribution in [-0.4, -0.2) is 19.4 Å². The fourth-order valence-corrected chi connectivity index (χ4v) is 10.2. The maximum absolute atomic E-state index is 5.83. The molecule has 4 aromatic rings. The van der Waals surface area contributed by atoms with Gasteiger partial charge in [-0.2, -0.15) is 0 Å². The van der Waals surface area contributed by atoms with Crippen LogP contribution < -0.4 is 15.9 Å². The first-order valence-electron chi connectivity index (χ1n) is 15.6. The third kappa shape index (κ3) is 9.43. The molecule has 0 heterocycles. The van der Waals surface area contributed by atoms with E-state index in [1.54, 1.807) is 0 Å². The highest BCUT2D eigenvalue weighted by Crippen LogP contribution is 2.56. The smallest absolute Gasteiger partial charge is 0.112 e. The molecular weight excluding hydrogens is 503 g/mol. The average Bonchev–Trinajstić information content (AvgIpc) is 3.03. The summed E-state index contributed by atoms with van der Waals surface area (Å²) in [5.41, 5.74) is 1.37. The summed E-state index contributed by atoms with van der Waals surface area (Å²) < 4.78 is 5.83. The van der Waals surface area contributed by atoms with Crippen molar-refractivity contribution in [3.8, 4) is 0 Å². The van der Waals surface area contributed by atoms with Crippen LogP contribution in [0.2, 0.25) is 0 Å². The van der Waals surface area contributed by atoms with E-state index in [1.807, 2.05) is 0 Å². The SMILES string of the molecule is c1ccc(CCOCCCCCCCCCCCC[P+](c2ccccc2)(c2ccccc2)c2ccccc2)cc1. The van der Waals surface area contributed by atoms with Crippen LogP contribution in [0, 0.1) is 0 Å². The Morgan fingerprint density at radius 1 is 0.375 bits per heavy atom. The van der Waals surface area contributed by atoms with Gasteiger partial charge in [0.1, 0.15) is 23.2 Å². The maximum atomic E-state index is 5.83. The highest BCUT2D eigenvalue weighted by atomic mass is 31.2. The minimum Gasteiger partial charge on any atom is -0.381 e. The fourth-order valence-electron chi connectivity index (χ4n) is 5.79. The standard InChI is InChI=1S/C38H48OP/c1(3-5-7-21-32-39-33-31-35-23-13-9-14-24-35)2-4-6-8-22-34-40(36-25-15-10-16-26-36,37-27-17-11-18-28-37)38-29-19-12-20-30-38/h9-20,23-30H,1-8,21-22,31-34H2/q+1. The minimum atomic E-state index is -1.66. The van der Waals surface area contributed by atoms with E-state index in [-0.39, 0.29) is 0 Å². The molecule has 0 aromatic heterocycles. The number of unbranched alkanes of at least 4 members (excludes halogenated alkanes) is 9. The Bertz CT molecular complexity index is 1060. The van der Waals surface area contributed by atoms with Gasteiger partial charge in [-0.25, -0.2) is 0 Å². The van der Waals surface area contributed by atoms with Crippen LogP contribution in [0.15, 0.2) is 121 Å². The van der Waals surface area contributed by atoms with E-state index in [0.717, 1.165) is 19.6 Å². The van der Waals surface area contributed by atoms with Gasteiger partial charge in [0.15, 0.2) is 0 Å². The van der Waals surface area contributed by atoms with Gasteiger partial charge in [0.25, 0.3) is 0 Å². The molecule has 4 rings (SSSR count). The molecule has 210 valence electrons. The second-order valence-electron chi connectivity index (χ2n) is 10.9. The quantitative estimate of drug-likeness (QED) is 0.0834. The molecule has 0 aliphatic carbocycles. The van der Waals surface area contributed by atoms with Gasteiger partial charge in [0.2, 0.25) is 0 Å². The normalized spacial score (nSPS) is 11.5. The van der Waals surface area contributed by atoms with Crippen LogP contribution in [0.1, 0.15) is 69.8 Å². The van der Waals surface area contributed by atoms with Gasteiger partial charge in [-0.3, -0.25) is 0 Å². The number of hydrogen-bond donors (Lipinski definition) is 0. The van der Waals surface area contributed by atoms with Crippen LogP contribution in [0.4, 0.5) is 0 Å². The predicted octanol–water partition coefficient (Wildman–Crippen LogP) is 9.14. The van der Waals surface area contributed by atoms with Gasteiger partial charge in [-0.05, 0) is 67.6 Å². The van der Waals surface area contributed by atoms with Gasteiger partial charge in [0, 0.05) is 6.61 Å². The van der Waals surface area contributed by atoms with E-state index >= 15 is 0 Å². The summed E-state index contributed by atoms with van der Waals surface area (Å²) in [6.45, 7) is 1.75. The molecule has 0 amide bonds. The van der Waals surface area contributed by atoms with Crippen molar-refractivity contribution in [1.29, 1.82) is 0 Å². The topological polar surface area (TPSA) is 9.23 Å². The monoisotopic (exact) mass is 551 g/mol. The molecule has 0 unspecified atom stereocenters. The van der Waals surface area contributed by atoms with Crippen LogP contribution >= 0.6 is 7.26 Å². The van der Waals surface area contributed by atoms with Crippen molar-refractivity contribution in [2.75, 3.05) is 19.4 Å². The second kappa shape index (κ2) is 17.9. The van der Waals surface area contributed by atoms with Crippen LogP contribution in [-0.2, 0) is 11.2 Å². The highest BCUT2D eigenvalue weighted by Gasteiger charge is 2.44. The molecule has 0 radical (unpaired) electrons. The maximum Gasteiger partial charge on any atom is 0.112 e. The van der Waals surface area contributed by atoms with E-state index in [0.29, 0.717) is 0 Å². The zero-order valence-electron chi connectivity index (χ0n) is 24.3. The van der Waals surface area contributed by atoms with Crippen molar-refractivity contribution in [2.24, 2.45) is 0 Å². The van der Waals surface area contributed by atoms with E-state index in [2.05, 4.69) is 121 Å². The number of hydrogen-bond acceptors (Lipinski definition) is 1. The van der Waals surface area contributed by atoms with E-state index in [1.165, 1.54) is 91.8 Å². The zero-order valence-corrected chi connectivity index (χ0v) is 25.2. The summed E-state index contributed by atoms with van der Waals surface area (Å²) in [6, 6.07) is 44.6. The van der Waals surface area contributed by atoms with E-state index < -0.39 is 7.26 Å². The Morgan fingerprint density at radius 2 is 0.750 bits per heavy atom. The lowest BCUT2D eigenvalue weighted by Gasteiger charge is -2.27. The fraction of sp³-hybridized carbons (Fsp3) is 0.368. The van der Waals surface area contributed by atoms with Gasteiger partial charge in [-0.15, -0.1) is 0 Å². The second-order valence-corrected chi connectivity index (χ2v) is 14.5. The molecule has 0 N–H and O–H groups in total. The van der Waals surface area contributed by atoms with Crippen LogP contribution in [0.3, 0.4) is 0 Å². The zero-order chi connectivity index (χ0) is 27.6. The Labute approximate surface area is 244 Å². The molecule has 4 aromatic carbocycles. The molecule has 0 saturated carbocycles. The first-order valence-corrected chi connectivity index (χ1v) is 17.5. The number of rotatable bonds is 19. The first-order chi connectivity index (χ1) is 19.9. The first kappa shape index (κ1) is 30.2. The summed E-state index contributed by atoms with van der Waals surface area (Å²) in [5.74, 6) is 0. The molecule has 0 aliphatic heterocycles. The Morgan fingerprint density at radius 3 is 1.20 bits per heavy atom. The molecule has 0 bridgehead atoms. The summed E-state index contributed by atoms with van der Waals surface area (Å²) in [5, 5.41) is 4.52. The number of benzene rings is 4. The van der Waals surface area contributed by atoms with Gasteiger partial charge in [-0.1, -0.05) is 130 Å². The minimum absolute atomic E-state index is 0.842. The predicted molar refractivity (Wildman–Crippen MR) is 177 cm³/mol. The molecule has 0 aliphatic rings. The highest BCUT2D eigenvalue weighted by molar-refractivity contribution is 7.95. The summed E-state index contributed by atoms with van der Waals surface area (Å²) in [7, 11) is -1.66. The third-order valence-electron chi connectivity index (χ3n) is 8.00. The van der Waals surface area contributed by atoms with Crippen molar-refractivity contribution in [2.45, 2.75) is 70.6 Å². The van der Waals surface area contributed by atoms with Crippen molar-refractivity contribution >= 4 is 23.2 Å². The van der Waals surface area contributed by atoms with E-state index in [9.17, 15) is 0 Å². The number of ether oxygens (including phenoxy) is 1. The van der Waals surface area contributed by atoms with E-state index in [4.69, 9.17) is 4.74 Å². The largest absolute Gasteiger partial charge is 0.381 e. The lowest BCUT2D eigenvalue weighted by atomic mass is 10.1. The molecule has 0 saturated heterocycles. The molecule has 2 heteroatoms. The summed E-state index contributed by atoms with van der Waals surface area (Å²) in [4.78, 5) is 0. The summed E-state index contributed by atoms with van der Waals surface area (Å²) >= 11 is 0. The van der Waals surface area contributed by atoms with Gasteiger partial charge < -0.3 is 4.74 Å². The lowest BCUT2D eigenvalue weighted by molar-refractivity contribution is 0.133. The molecule has 0 fully saturated rings. The van der Waals surface area contributed by atoms with Gasteiger partial charge in [0.05, 0.1) is 12.8 Å². The molecule has 40 heavy (non-hydrogen) atoms. The van der Waals surface area contributed by atoms with Crippen molar-refractivity contribution in [3.63, 3.8) is 0 Å². The van der Waals surface area contributed by atoms with Gasteiger partial charge >= 0.3 is 0 Å². The average molecular weight is 552 g/mol. The van der Waals surface area contributed by atoms with Crippen molar-refractivity contribution in [3.05, 3.63) is 127 Å². The van der Waals surface area contributed by atoms with Crippen LogP contribution in [0.5, 0.6) is 0 Å². The summed E-state index contributed by atoms with van der Waals surface area (Å²) in [6.07, 6.45) is 15.6. The van der Waals surface area contributed by atoms with Crippen molar-refractivity contribution < 1.29 is 4.74 Å². The Balaban J connectivity index is 1.13. The van der Waals surface area contributed by atoms with Crippen LogP contribution in [0.25, 0.3) is 0 Å². The molecule has 1 nitrogen and oxygen atoms in total. The van der Waals surface area contributed by atoms with Crippen molar-refractivity contribution in [1.82, 2.24) is 0 Å². The lowest BCUT2D eigenvalue weighted by Crippen LogP contribution is -2.33. The Hall–Kier alpha value is -2.73. The molecule has 0 atom stereocenters. The molecule has 0 spiro atoms.